The lowest BCUT2D eigenvalue weighted by Crippen LogP contribution is -2.51. The van der Waals surface area contributed by atoms with Crippen LogP contribution in [0.2, 0.25) is 0 Å². The number of hydrogen-bond donors (Lipinski definition) is 1. The van der Waals surface area contributed by atoms with Crippen molar-refractivity contribution in [2.24, 2.45) is 5.92 Å². The summed E-state index contributed by atoms with van der Waals surface area (Å²) in [5.74, 6) is -0.587. The summed E-state index contributed by atoms with van der Waals surface area (Å²) in [7, 11) is 0. The smallest absolute Gasteiger partial charge is 0.341 e. The maximum Gasteiger partial charge on any atom is 0.416 e. The molecule has 2 aliphatic heterocycles. The fourth-order valence-electron chi connectivity index (χ4n) is 5.23. The molecule has 0 bridgehead atoms. The maximum atomic E-state index is 14.0. The van der Waals surface area contributed by atoms with Crippen LogP contribution in [0.25, 0.3) is 0 Å². The number of halogens is 3. The molecule has 204 valence electrons. The second-order valence-corrected chi connectivity index (χ2v) is 9.98. The Labute approximate surface area is 216 Å². The first-order chi connectivity index (χ1) is 17.5. The molecule has 0 aliphatic carbocycles. The first kappa shape index (κ1) is 28.5. The van der Waals surface area contributed by atoms with Crippen molar-refractivity contribution in [3.05, 3.63) is 46.7 Å². The van der Waals surface area contributed by atoms with E-state index in [1.807, 2.05) is 27.7 Å². The molecule has 0 aromatic heterocycles. The van der Waals surface area contributed by atoms with E-state index in [1.165, 1.54) is 28.0 Å². The Morgan fingerprint density at radius 1 is 1.11 bits per heavy atom. The molecule has 0 unspecified atom stereocenters. The van der Waals surface area contributed by atoms with Gasteiger partial charge in [0.05, 0.1) is 29.4 Å². The van der Waals surface area contributed by atoms with Crippen LogP contribution in [0.4, 0.5) is 18.0 Å². The highest BCUT2D eigenvalue weighted by atomic mass is 19.4. The molecule has 10 heteroatoms. The third-order valence-corrected chi connectivity index (χ3v) is 6.80. The van der Waals surface area contributed by atoms with Crippen LogP contribution in [0.1, 0.15) is 71.0 Å². The standard InChI is InChI=1S/C27H37F3N4O3/c1-6-13-32(14-7-2)24(35)20(15-17(4)5)34-16-21-22(25(34)36)23(31-26(37)33(21)8-3)18-11-9-10-12-19(18)27(28,29)30/h9-12,17,20,23H,6-8,13-16H2,1-5H3,(H,31,37)/t20-,23+/m1/s1. The molecule has 0 spiro atoms. The van der Waals surface area contributed by atoms with Crippen molar-refractivity contribution in [3.63, 3.8) is 0 Å². The topological polar surface area (TPSA) is 73.0 Å². The molecule has 0 fully saturated rings. The number of carbonyl (C=O) groups is 3. The lowest BCUT2D eigenvalue weighted by Gasteiger charge is -2.34. The van der Waals surface area contributed by atoms with Crippen molar-refractivity contribution in [1.82, 2.24) is 20.0 Å². The Hall–Kier alpha value is -3.04. The van der Waals surface area contributed by atoms with Crippen LogP contribution in [0.15, 0.2) is 35.5 Å². The summed E-state index contributed by atoms with van der Waals surface area (Å²) in [5.41, 5.74) is -0.642. The molecule has 1 aromatic rings. The van der Waals surface area contributed by atoms with Gasteiger partial charge in [0.25, 0.3) is 5.91 Å². The van der Waals surface area contributed by atoms with Gasteiger partial charge in [-0.3, -0.25) is 14.5 Å². The molecule has 4 amide bonds. The van der Waals surface area contributed by atoms with Crippen LogP contribution >= 0.6 is 0 Å². The zero-order valence-corrected chi connectivity index (χ0v) is 22.2. The third-order valence-electron chi connectivity index (χ3n) is 6.80. The van der Waals surface area contributed by atoms with E-state index in [-0.39, 0.29) is 36.1 Å². The van der Waals surface area contributed by atoms with Crippen molar-refractivity contribution in [3.8, 4) is 0 Å². The average Bonchev–Trinajstić information content (AvgIpc) is 3.17. The molecule has 2 aliphatic rings. The fourth-order valence-corrected chi connectivity index (χ4v) is 5.23. The quantitative estimate of drug-likeness (QED) is 0.473. The molecule has 0 radical (unpaired) electrons. The molecular formula is C27H37F3N4O3. The van der Waals surface area contributed by atoms with Gasteiger partial charge in [-0.2, -0.15) is 13.2 Å². The monoisotopic (exact) mass is 522 g/mol. The number of benzene rings is 1. The normalized spacial score (nSPS) is 18.9. The summed E-state index contributed by atoms with van der Waals surface area (Å²) in [6.07, 6.45) is -2.73. The molecule has 1 aromatic carbocycles. The van der Waals surface area contributed by atoms with E-state index in [2.05, 4.69) is 5.32 Å². The highest BCUT2D eigenvalue weighted by molar-refractivity contribution is 6.03. The lowest BCUT2D eigenvalue weighted by atomic mass is 9.91. The SMILES string of the molecule is CCCN(CCC)C(=O)[C@@H](CC(C)C)N1CC2=C(C1=O)[C@H](c1ccccc1C(F)(F)F)NC(=O)N2CC. The van der Waals surface area contributed by atoms with Gasteiger partial charge >= 0.3 is 12.2 Å². The number of nitrogens with one attached hydrogen (secondary N) is 1. The summed E-state index contributed by atoms with van der Waals surface area (Å²) in [5, 5.41) is 2.63. The molecule has 7 nitrogen and oxygen atoms in total. The average molecular weight is 523 g/mol. The van der Waals surface area contributed by atoms with Gasteiger partial charge in [0.15, 0.2) is 0 Å². The maximum absolute atomic E-state index is 14.0. The number of alkyl halides is 3. The van der Waals surface area contributed by atoms with E-state index in [0.717, 1.165) is 18.9 Å². The molecule has 2 heterocycles. The highest BCUT2D eigenvalue weighted by Gasteiger charge is 2.49. The van der Waals surface area contributed by atoms with Crippen LogP contribution in [0.3, 0.4) is 0 Å². The Balaban J connectivity index is 2.09. The Kier molecular flexibility index (Phi) is 8.92. The third kappa shape index (κ3) is 5.78. The van der Waals surface area contributed by atoms with Gasteiger partial charge in [-0.05, 0) is 43.7 Å². The van der Waals surface area contributed by atoms with Crippen molar-refractivity contribution in [1.29, 1.82) is 0 Å². The first-order valence-corrected chi connectivity index (χ1v) is 13.0. The van der Waals surface area contributed by atoms with Gasteiger partial charge in [-0.15, -0.1) is 0 Å². The second kappa shape index (κ2) is 11.6. The minimum atomic E-state index is -4.66. The Morgan fingerprint density at radius 3 is 2.27 bits per heavy atom. The van der Waals surface area contributed by atoms with Crippen molar-refractivity contribution >= 4 is 17.8 Å². The van der Waals surface area contributed by atoms with Crippen LogP contribution in [-0.4, -0.2) is 64.8 Å². The van der Waals surface area contributed by atoms with Gasteiger partial charge < -0.3 is 15.1 Å². The van der Waals surface area contributed by atoms with Crippen LogP contribution < -0.4 is 5.32 Å². The molecular weight excluding hydrogens is 485 g/mol. The second-order valence-electron chi connectivity index (χ2n) is 9.98. The van der Waals surface area contributed by atoms with Crippen molar-refractivity contribution in [2.45, 2.75) is 72.1 Å². The summed E-state index contributed by atoms with van der Waals surface area (Å²) in [4.78, 5) is 45.3. The van der Waals surface area contributed by atoms with Gasteiger partial charge in [-0.25, -0.2) is 4.79 Å². The molecule has 37 heavy (non-hydrogen) atoms. The predicted octanol–water partition coefficient (Wildman–Crippen LogP) is 4.95. The Bertz CT molecular complexity index is 1050. The van der Waals surface area contributed by atoms with Gasteiger partial charge in [0.2, 0.25) is 5.91 Å². The van der Waals surface area contributed by atoms with E-state index < -0.39 is 35.8 Å². The van der Waals surface area contributed by atoms with Crippen molar-refractivity contribution < 1.29 is 27.6 Å². The zero-order chi connectivity index (χ0) is 27.5. The zero-order valence-electron chi connectivity index (χ0n) is 22.2. The van der Waals surface area contributed by atoms with Crippen LogP contribution in [-0.2, 0) is 15.8 Å². The number of amides is 4. The minimum Gasteiger partial charge on any atom is -0.341 e. The molecule has 2 atom stereocenters. The number of carbonyl (C=O) groups excluding carboxylic acids is 3. The molecule has 0 saturated carbocycles. The largest absolute Gasteiger partial charge is 0.416 e. The van der Waals surface area contributed by atoms with Crippen molar-refractivity contribution in [2.75, 3.05) is 26.2 Å². The van der Waals surface area contributed by atoms with E-state index in [1.54, 1.807) is 11.8 Å². The summed E-state index contributed by atoms with van der Waals surface area (Å²) in [6.45, 7) is 11.0. The molecule has 3 rings (SSSR count). The lowest BCUT2D eigenvalue weighted by molar-refractivity contribution is -0.143. The summed E-state index contributed by atoms with van der Waals surface area (Å²) < 4.78 is 41.7. The van der Waals surface area contributed by atoms with Crippen LogP contribution in [0.5, 0.6) is 0 Å². The number of hydrogen-bond acceptors (Lipinski definition) is 3. The van der Waals surface area contributed by atoms with Crippen LogP contribution in [0, 0.1) is 5.92 Å². The van der Waals surface area contributed by atoms with E-state index in [9.17, 15) is 27.6 Å². The van der Waals surface area contributed by atoms with Gasteiger partial charge in [0, 0.05) is 19.6 Å². The molecule has 1 N–H and O–H groups in total. The summed E-state index contributed by atoms with van der Waals surface area (Å²) in [6, 6.07) is 2.37. The van der Waals surface area contributed by atoms with E-state index >= 15 is 0 Å². The fraction of sp³-hybridized carbons (Fsp3) is 0.593. The Morgan fingerprint density at radius 2 is 1.73 bits per heavy atom. The number of nitrogens with zero attached hydrogens (tertiary/aromatic N) is 3. The number of urea groups is 1. The molecule has 0 saturated heterocycles. The first-order valence-electron chi connectivity index (χ1n) is 13.0. The predicted molar refractivity (Wildman–Crippen MR) is 134 cm³/mol. The van der Waals surface area contributed by atoms with E-state index in [0.29, 0.717) is 25.2 Å². The number of likely N-dealkylation sites (N-methyl/N-ethyl adjacent to an activating group) is 1. The van der Waals surface area contributed by atoms with Gasteiger partial charge in [0.1, 0.15) is 6.04 Å². The van der Waals surface area contributed by atoms with Gasteiger partial charge in [-0.1, -0.05) is 45.9 Å². The van der Waals surface area contributed by atoms with E-state index in [4.69, 9.17) is 0 Å². The summed E-state index contributed by atoms with van der Waals surface area (Å²) >= 11 is 0. The minimum absolute atomic E-state index is 0.00463. The highest BCUT2D eigenvalue weighted by Crippen LogP contribution is 2.42. The number of rotatable bonds is 10.